The highest BCUT2D eigenvalue weighted by atomic mass is 32.2. The van der Waals surface area contributed by atoms with Crippen LogP contribution in [-0.2, 0) is 0 Å². The molecule has 0 heterocycles. The number of hydrogen-bond acceptors (Lipinski definition) is 5. The van der Waals surface area contributed by atoms with E-state index in [2.05, 4.69) is 0 Å². The molecule has 0 aromatic heterocycles. The van der Waals surface area contributed by atoms with Crippen LogP contribution in [-0.4, -0.2) is 30.7 Å². The van der Waals surface area contributed by atoms with Crippen molar-refractivity contribution in [1.29, 1.82) is 0 Å². The van der Waals surface area contributed by atoms with E-state index in [9.17, 15) is 4.39 Å². The zero-order valence-electron chi connectivity index (χ0n) is 13.7. The molecule has 2 aromatic rings. The van der Waals surface area contributed by atoms with Crippen molar-refractivity contribution in [3.63, 3.8) is 0 Å². The smallest absolute Gasteiger partial charge is 0.128 e. The van der Waals surface area contributed by atoms with Gasteiger partial charge in [-0.15, -0.1) is 11.8 Å². The first kappa shape index (κ1) is 18.9. The molecule has 128 valence electrons. The lowest BCUT2D eigenvalue weighted by atomic mass is 10.3. The van der Waals surface area contributed by atoms with Crippen molar-refractivity contribution in [1.82, 2.24) is 4.31 Å². The first-order valence-electron chi connectivity index (χ1n) is 7.47. The van der Waals surface area contributed by atoms with Crippen LogP contribution in [0.4, 0.5) is 4.39 Å². The first-order valence-corrected chi connectivity index (χ1v) is 9.23. The van der Waals surface area contributed by atoms with Crippen LogP contribution in [0.5, 0.6) is 11.5 Å². The summed E-state index contributed by atoms with van der Waals surface area (Å²) in [5.74, 6) is 1.57. The van der Waals surface area contributed by atoms with Gasteiger partial charge in [0.05, 0.1) is 0 Å². The molecule has 0 fully saturated rings. The molecule has 0 unspecified atom stereocenters. The normalized spacial score (nSPS) is 11.8. The summed E-state index contributed by atoms with van der Waals surface area (Å²) in [6.07, 6.45) is 1.39. The van der Waals surface area contributed by atoms with Crippen molar-refractivity contribution in [2.24, 2.45) is 5.73 Å². The Hall–Kier alpha value is -1.47. The lowest BCUT2D eigenvalue weighted by Gasteiger charge is -2.11. The molecule has 2 aromatic carbocycles. The molecule has 0 saturated carbocycles. The Morgan fingerprint density at radius 2 is 1.75 bits per heavy atom. The number of nitrogens with zero attached hydrogens (tertiary/aromatic N) is 1. The van der Waals surface area contributed by atoms with Gasteiger partial charge < -0.3 is 10.5 Å². The lowest BCUT2D eigenvalue weighted by Crippen LogP contribution is -1.98. The van der Waals surface area contributed by atoms with Gasteiger partial charge in [0.2, 0.25) is 0 Å². The van der Waals surface area contributed by atoms with Crippen LogP contribution in [0.15, 0.2) is 70.2 Å². The summed E-state index contributed by atoms with van der Waals surface area (Å²) in [7, 11) is 3.99. The molecule has 2 rings (SSSR count). The van der Waals surface area contributed by atoms with Crippen LogP contribution in [0.25, 0.3) is 0 Å². The highest BCUT2D eigenvalue weighted by Gasteiger charge is 2.03. The van der Waals surface area contributed by atoms with Gasteiger partial charge in [-0.25, -0.2) is 4.39 Å². The number of hydrogen-bond donors (Lipinski definition) is 1. The fourth-order valence-corrected chi connectivity index (χ4v) is 3.43. The summed E-state index contributed by atoms with van der Waals surface area (Å²) in [6, 6.07) is 15.6. The number of ether oxygens (including phenoxy) is 1. The van der Waals surface area contributed by atoms with E-state index in [1.807, 2.05) is 66.9 Å². The van der Waals surface area contributed by atoms with E-state index >= 15 is 0 Å². The van der Waals surface area contributed by atoms with Gasteiger partial charge in [0.15, 0.2) is 0 Å². The molecule has 0 saturated heterocycles. The Balaban J connectivity index is 2.02. The Morgan fingerprint density at radius 3 is 2.38 bits per heavy atom. The van der Waals surface area contributed by atoms with E-state index in [1.54, 1.807) is 11.9 Å². The second-order valence-corrected chi connectivity index (χ2v) is 7.56. The second-order valence-electron chi connectivity index (χ2n) is 5.13. The lowest BCUT2D eigenvalue weighted by molar-refractivity contribution is 0.480. The molecule has 0 bridgehead atoms. The quantitative estimate of drug-likeness (QED) is 0.530. The van der Waals surface area contributed by atoms with E-state index in [-0.39, 0.29) is 18.1 Å². The molecule has 0 aliphatic carbocycles. The van der Waals surface area contributed by atoms with E-state index in [4.69, 9.17) is 10.5 Å². The molecule has 0 aliphatic heterocycles. The largest absolute Gasteiger partial charge is 0.457 e. The number of nitrogens with two attached hydrogens (primary N) is 1. The summed E-state index contributed by atoms with van der Waals surface area (Å²) in [5, 5.41) is 0. The molecule has 2 N–H and O–H groups in total. The van der Waals surface area contributed by atoms with Crippen LogP contribution >= 0.6 is 23.7 Å². The minimum absolute atomic E-state index is 0.206. The number of rotatable bonds is 8. The maximum Gasteiger partial charge on any atom is 0.128 e. The Bertz CT molecular complexity index is 692. The van der Waals surface area contributed by atoms with Crippen molar-refractivity contribution in [3.05, 3.63) is 60.4 Å². The molecule has 6 heteroatoms. The molecular weight excluding hydrogens is 343 g/mol. The Kier molecular flexibility index (Phi) is 7.65. The molecule has 0 radical (unpaired) electrons. The van der Waals surface area contributed by atoms with Gasteiger partial charge >= 0.3 is 0 Å². The first-order chi connectivity index (χ1) is 11.6. The number of thioether (sulfide) groups is 1. The van der Waals surface area contributed by atoms with E-state index in [0.717, 1.165) is 21.3 Å². The van der Waals surface area contributed by atoms with Crippen molar-refractivity contribution in [2.75, 3.05) is 26.4 Å². The minimum atomic E-state index is -0.206. The fraction of sp³-hybridized carbons (Fsp3) is 0.222. The van der Waals surface area contributed by atoms with Gasteiger partial charge in [-0.05, 0) is 68.5 Å². The highest BCUT2D eigenvalue weighted by molar-refractivity contribution is 7.99. The van der Waals surface area contributed by atoms with Crippen molar-refractivity contribution in [2.45, 2.75) is 9.79 Å². The average molecular weight is 365 g/mol. The van der Waals surface area contributed by atoms with Gasteiger partial charge in [-0.2, -0.15) is 0 Å². The van der Waals surface area contributed by atoms with Gasteiger partial charge in [-0.1, -0.05) is 12.1 Å². The molecule has 3 nitrogen and oxygen atoms in total. The molecule has 0 aliphatic rings. The summed E-state index contributed by atoms with van der Waals surface area (Å²) >= 11 is 3.05. The zero-order valence-corrected chi connectivity index (χ0v) is 15.4. The van der Waals surface area contributed by atoms with Gasteiger partial charge in [-0.3, -0.25) is 4.31 Å². The molecule has 0 amide bonds. The maximum absolute atomic E-state index is 13.4. The molecule has 0 spiro atoms. The summed E-state index contributed by atoms with van der Waals surface area (Å²) in [6.45, 7) is 0.219. The average Bonchev–Trinajstić information content (AvgIpc) is 2.53. The second kappa shape index (κ2) is 9.74. The highest BCUT2D eigenvalue weighted by Crippen LogP contribution is 2.30. The Morgan fingerprint density at radius 1 is 1.12 bits per heavy atom. The number of halogens is 1. The van der Waals surface area contributed by atoms with Crippen molar-refractivity contribution >= 4 is 23.7 Å². The monoisotopic (exact) mass is 364 g/mol. The predicted octanol–water partition coefficient (Wildman–Crippen LogP) is 4.95. The minimum Gasteiger partial charge on any atom is -0.457 e. The summed E-state index contributed by atoms with van der Waals surface area (Å²) < 4.78 is 21.4. The zero-order chi connectivity index (χ0) is 17.4. The van der Waals surface area contributed by atoms with Crippen LogP contribution < -0.4 is 10.5 Å². The predicted molar refractivity (Wildman–Crippen MR) is 101 cm³/mol. The molecule has 24 heavy (non-hydrogen) atoms. The fourth-order valence-electron chi connectivity index (χ4n) is 1.91. The third-order valence-corrected chi connectivity index (χ3v) is 4.69. The Labute approximate surface area is 151 Å². The van der Waals surface area contributed by atoms with Crippen LogP contribution in [0.1, 0.15) is 0 Å². The van der Waals surface area contributed by atoms with Crippen molar-refractivity contribution in [3.8, 4) is 11.5 Å². The SMILES string of the molecule is CN(C)Sc1cccc(Oc2cccc(SC/C(F)=C/CN)c2)c1. The van der Waals surface area contributed by atoms with E-state index in [1.165, 1.54) is 17.8 Å². The number of benzene rings is 2. The summed E-state index contributed by atoms with van der Waals surface area (Å²) in [5.41, 5.74) is 5.30. The van der Waals surface area contributed by atoms with Gasteiger partial charge in [0, 0.05) is 22.1 Å². The third kappa shape index (κ3) is 6.57. The molecular formula is C18H21FN2OS2. The standard InChI is InChI=1S/C18H21FN2OS2/c1-21(2)24-18-8-4-6-16(12-18)22-15-5-3-7-17(11-15)23-13-14(19)9-10-20/h3-9,11-12H,10,13,20H2,1-2H3/b14-9-. The van der Waals surface area contributed by atoms with Crippen LogP contribution in [0.3, 0.4) is 0 Å². The van der Waals surface area contributed by atoms with E-state index in [0.29, 0.717) is 0 Å². The summed E-state index contributed by atoms with van der Waals surface area (Å²) in [4.78, 5) is 2.06. The third-order valence-electron chi connectivity index (χ3n) is 2.85. The van der Waals surface area contributed by atoms with E-state index < -0.39 is 0 Å². The maximum atomic E-state index is 13.4. The molecule has 0 atom stereocenters. The topological polar surface area (TPSA) is 38.5 Å². The van der Waals surface area contributed by atoms with Crippen LogP contribution in [0.2, 0.25) is 0 Å². The van der Waals surface area contributed by atoms with Crippen LogP contribution in [0, 0.1) is 0 Å². The van der Waals surface area contributed by atoms with Gasteiger partial charge in [0.1, 0.15) is 17.3 Å². The van der Waals surface area contributed by atoms with Gasteiger partial charge in [0.25, 0.3) is 0 Å². The van der Waals surface area contributed by atoms with Crippen molar-refractivity contribution < 1.29 is 9.13 Å².